The van der Waals surface area contributed by atoms with E-state index in [4.69, 9.17) is 4.74 Å². The molecule has 0 amide bonds. The monoisotopic (exact) mass is 445 g/mol. The molecule has 1 heterocycles. The maximum Gasteiger partial charge on any atom is 0.419 e. The van der Waals surface area contributed by atoms with E-state index in [9.17, 15) is 26.0 Å². The van der Waals surface area contributed by atoms with E-state index >= 15 is 0 Å². The third kappa shape index (κ3) is 5.51. The number of hydrogen-bond donors (Lipinski definition) is 0. The van der Waals surface area contributed by atoms with Gasteiger partial charge in [0.05, 0.1) is 17.9 Å². The fourth-order valence-corrected chi connectivity index (χ4v) is 5.09. The van der Waals surface area contributed by atoms with Crippen molar-refractivity contribution in [1.29, 1.82) is 0 Å². The highest BCUT2D eigenvalue weighted by atomic mass is 32.2. The van der Waals surface area contributed by atoms with E-state index in [-0.39, 0.29) is 18.8 Å². The van der Waals surface area contributed by atoms with E-state index in [2.05, 4.69) is 0 Å². The summed E-state index contributed by atoms with van der Waals surface area (Å²) in [5, 5.41) is 0. The molecular formula is C21H23F4NO3S. The minimum Gasteiger partial charge on any atom is -0.490 e. The van der Waals surface area contributed by atoms with Gasteiger partial charge >= 0.3 is 6.18 Å². The molecule has 0 unspecified atom stereocenters. The number of sulfonamides is 1. The van der Waals surface area contributed by atoms with Crippen molar-refractivity contribution in [3.8, 4) is 5.75 Å². The van der Waals surface area contributed by atoms with E-state index < -0.39 is 33.3 Å². The molecule has 0 N–H and O–H groups in total. The zero-order valence-corrected chi connectivity index (χ0v) is 17.1. The van der Waals surface area contributed by atoms with Crippen LogP contribution in [0.5, 0.6) is 5.75 Å². The van der Waals surface area contributed by atoms with Crippen LogP contribution in [0.1, 0.15) is 36.3 Å². The summed E-state index contributed by atoms with van der Waals surface area (Å²) < 4.78 is 83.7. The van der Waals surface area contributed by atoms with Gasteiger partial charge < -0.3 is 4.74 Å². The zero-order chi connectivity index (χ0) is 21.8. The first kappa shape index (κ1) is 22.6. The Bertz CT molecular complexity index is 940. The van der Waals surface area contributed by atoms with Crippen molar-refractivity contribution in [3.63, 3.8) is 0 Å². The molecule has 1 aliphatic rings. The van der Waals surface area contributed by atoms with E-state index in [0.717, 1.165) is 25.0 Å². The van der Waals surface area contributed by atoms with Crippen molar-refractivity contribution in [2.24, 2.45) is 0 Å². The number of hydrogen-bond acceptors (Lipinski definition) is 3. The molecule has 2 aromatic carbocycles. The van der Waals surface area contributed by atoms with Crippen LogP contribution in [-0.4, -0.2) is 38.2 Å². The Morgan fingerprint density at radius 1 is 1.00 bits per heavy atom. The summed E-state index contributed by atoms with van der Waals surface area (Å²) in [7, 11) is -3.51. The third-order valence-corrected chi connectivity index (χ3v) is 7.15. The van der Waals surface area contributed by atoms with Gasteiger partial charge in [0.15, 0.2) is 11.6 Å². The SMILES string of the molecule is O=S(=O)(CCCOc1cccc(C(F)(F)F)c1F)N1CCC(c2ccccc2)CC1. The van der Waals surface area contributed by atoms with Crippen LogP contribution >= 0.6 is 0 Å². The Morgan fingerprint density at radius 2 is 1.67 bits per heavy atom. The molecule has 0 spiro atoms. The minimum absolute atomic E-state index is 0.0522. The highest BCUT2D eigenvalue weighted by Gasteiger charge is 2.35. The van der Waals surface area contributed by atoms with Crippen molar-refractivity contribution >= 4 is 10.0 Å². The molecule has 1 aliphatic heterocycles. The Hall–Kier alpha value is -2.13. The lowest BCUT2D eigenvalue weighted by Gasteiger charge is -2.31. The zero-order valence-electron chi connectivity index (χ0n) is 16.2. The molecular weight excluding hydrogens is 422 g/mol. The molecule has 3 rings (SSSR count). The number of ether oxygens (including phenoxy) is 1. The normalized spacial score (nSPS) is 16.5. The Morgan fingerprint density at radius 3 is 2.30 bits per heavy atom. The first-order valence-electron chi connectivity index (χ1n) is 9.70. The van der Waals surface area contributed by atoms with Crippen LogP contribution in [-0.2, 0) is 16.2 Å². The second-order valence-electron chi connectivity index (χ2n) is 7.22. The second kappa shape index (κ2) is 9.34. The predicted molar refractivity (Wildman–Crippen MR) is 105 cm³/mol. The molecule has 0 radical (unpaired) electrons. The van der Waals surface area contributed by atoms with Crippen LogP contribution in [0.2, 0.25) is 0 Å². The Labute approximate surface area is 173 Å². The van der Waals surface area contributed by atoms with Gasteiger partial charge in [-0.15, -0.1) is 0 Å². The quantitative estimate of drug-likeness (QED) is 0.453. The van der Waals surface area contributed by atoms with E-state index in [1.807, 2.05) is 30.3 Å². The maximum absolute atomic E-state index is 13.9. The summed E-state index contributed by atoms with van der Waals surface area (Å²) in [6.45, 7) is 0.647. The molecule has 0 aliphatic carbocycles. The van der Waals surface area contributed by atoms with Gasteiger partial charge in [0.25, 0.3) is 0 Å². The van der Waals surface area contributed by atoms with Crippen molar-refractivity contribution in [3.05, 3.63) is 65.5 Å². The van der Waals surface area contributed by atoms with Crippen LogP contribution in [0.25, 0.3) is 0 Å². The topological polar surface area (TPSA) is 46.6 Å². The van der Waals surface area contributed by atoms with Gasteiger partial charge in [0.1, 0.15) is 0 Å². The smallest absolute Gasteiger partial charge is 0.419 e. The van der Waals surface area contributed by atoms with Gasteiger partial charge in [0.2, 0.25) is 10.0 Å². The molecule has 4 nitrogen and oxygen atoms in total. The van der Waals surface area contributed by atoms with Crippen molar-refractivity contribution in [1.82, 2.24) is 4.31 Å². The molecule has 0 saturated carbocycles. The summed E-state index contributed by atoms with van der Waals surface area (Å²) in [4.78, 5) is 0. The highest BCUT2D eigenvalue weighted by molar-refractivity contribution is 7.89. The Balaban J connectivity index is 1.48. The van der Waals surface area contributed by atoms with E-state index in [0.29, 0.717) is 25.1 Å². The summed E-state index contributed by atoms with van der Waals surface area (Å²) >= 11 is 0. The molecule has 164 valence electrons. The van der Waals surface area contributed by atoms with E-state index in [1.54, 1.807) is 0 Å². The summed E-state index contributed by atoms with van der Waals surface area (Å²) in [6.07, 6.45) is -3.31. The van der Waals surface area contributed by atoms with Gasteiger partial charge in [-0.3, -0.25) is 0 Å². The second-order valence-corrected chi connectivity index (χ2v) is 9.31. The fraction of sp³-hybridized carbons (Fsp3) is 0.429. The van der Waals surface area contributed by atoms with Crippen molar-refractivity contribution < 1.29 is 30.7 Å². The highest BCUT2D eigenvalue weighted by Crippen LogP contribution is 2.34. The standard InChI is InChI=1S/C21H23F4NO3S/c22-20-18(21(23,24)25)8-4-9-19(20)29-14-5-15-30(27,28)26-12-10-17(11-13-26)16-6-2-1-3-7-16/h1-4,6-9,17H,5,10-15H2. The predicted octanol–water partition coefficient (Wildman–Crippen LogP) is 4.82. The van der Waals surface area contributed by atoms with Crippen LogP contribution in [0.3, 0.4) is 0 Å². The van der Waals surface area contributed by atoms with Crippen molar-refractivity contribution in [2.45, 2.75) is 31.4 Å². The maximum atomic E-state index is 13.9. The summed E-state index contributed by atoms with van der Waals surface area (Å²) in [5.41, 5.74) is -0.208. The average molecular weight is 445 g/mol. The molecule has 2 aromatic rings. The lowest BCUT2D eigenvalue weighted by molar-refractivity contribution is -0.140. The summed E-state index contributed by atoms with van der Waals surface area (Å²) in [6, 6.07) is 12.7. The lowest BCUT2D eigenvalue weighted by Crippen LogP contribution is -2.39. The Kier molecular flexibility index (Phi) is 7.02. The number of nitrogens with zero attached hydrogens (tertiary/aromatic N) is 1. The molecule has 9 heteroatoms. The third-order valence-electron chi connectivity index (χ3n) is 5.19. The molecule has 0 atom stereocenters. The van der Waals surface area contributed by atoms with Crippen LogP contribution in [0.4, 0.5) is 17.6 Å². The van der Waals surface area contributed by atoms with Gasteiger partial charge in [-0.25, -0.2) is 17.1 Å². The average Bonchev–Trinajstić information content (AvgIpc) is 2.72. The van der Waals surface area contributed by atoms with Crippen LogP contribution < -0.4 is 4.74 Å². The minimum atomic E-state index is -4.82. The number of benzene rings is 2. The molecule has 0 bridgehead atoms. The molecule has 1 saturated heterocycles. The molecule has 30 heavy (non-hydrogen) atoms. The largest absolute Gasteiger partial charge is 0.490 e. The number of halogens is 4. The number of piperidine rings is 1. The van der Waals surface area contributed by atoms with Gasteiger partial charge in [-0.2, -0.15) is 13.2 Å². The molecule has 1 fully saturated rings. The van der Waals surface area contributed by atoms with Crippen LogP contribution in [0, 0.1) is 5.82 Å². The summed E-state index contributed by atoms with van der Waals surface area (Å²) in [5.74, 6) is -1.91. The van der Waals surface area contributed by atoms with Crippen LogP contribution in [0.15, 0.2) is 48.5 Å². The van der Waals surface area contributed by atoms with Gasteiger partial charge in [-0.1, -0.05) is 36.4 Å². The number of alkyl halides is 3. The van der Waals surface area contributed by atoms with Crippen molar-refractivity contribution in [2.75, 3.05) is 25.4 Å². The fourth-order valence-electron chi connectivity index (χ4n) is 3.59. The van der Waals surface area contributed by atoms with Gasteiger partial charge in [0, 0.05) is 13.1 Å². The van der Waals surface area contributed by atoms with Gasteiger partial charge in [-0.05, 0) is 42.9 Å². The lowest BCUT2D eigenvalue weighted by atomic mass is 9.90. The van der Waals surface area contributed by atoms with E-state index in [1.165, 1.54) is 9.87 Å². The first-order valence-corrected chi connectivity index (χ1v) is 11.3. The molecule has 0 aromatic heterocycles. The first-order chi connectivity index (χ1) is 14.2. The number of rotatable bonds is 7.